The Balaban J connectivity index is 1.49. The number of nitrogens with zero attached hydrogens (tertiary/aromatic N) is 3. The van der Waals surface area contributed by atoms with E-state index >= 15 is 0 Å². The minimum Gasteiger partial charge on any atom is -0.482 e. The molecule has 1 aliphatic heterocycles. The molecule has 130 valence electrons. The largest absolute Gasteiger partial charge is 0.482 e. The third-order valence-electron chi connectivity index (χ3n) is 4.01. The first-order chi connectivity index (χ1) is 12.7. The first-order valence-electron chi connectivity index (χ1n) is 7.98. The van der Waals surface area contributed by atoms with Gasteiger partial charge in [-0.2, -0.15) is 10.1 Å². The normalized spacial score (nSPS) is 13.1. The van der Waals surface area contributed by atoms with E-state index < -0.39 is 0 Å². The average Bonchev–Trinajstić information content (AvgIpc) is 3.17. The maximum absolute atomic E-state index is 12.2. The molecule has 0 saturated carbocycles. The number of hydrogen-bond donors (Lipinski definition) is 2. The van der Waals surface area contributed by atoms with Gasteiger partial charge >= 0.3 is 0 Å². The number of aromatic amines is 1. The molecule has 2 N–H and O–H groups in total. The number of ether oxygens (including phenoxy) is 1. The number of fused-ring (bicyclic) bond motifs is 1. The van der Waals surface area contributed by atoms with Crippen molar-refractivity contribution in [2.45, 2.75) is 6.54 Å². The number of nitrogens with one attached hydrogen (secondary N) is 2. The van der Waals surface area contributed by atoms with Gasteiger partial charge in [0.2, 0.25) is 5.95 Å². The molecule has 0 aliphatic carbocycles. The minimum atomic E-state index is -0.291. The Morgan fingerprint density at radius 1 is 1.19 bits per heavy atom. The molecule has 8 heteroatoms. The van der Waals surface area contributed by atoms with Gasteiger partial charge in [0.1, 0.15) is 12.1 Å². The molecule has 0 saturated heterocycles. The number of amides is 2. The quantitative estimate of drug-likeness (QED) is 0.750. The standard InChI is InChI=1S/C18H15N5O3/c24-16-10-26-15-4-2-1-3-14(15)23(16)9-12-5-7-13(8-6-12)17(25)21-18-19-11-20-22-18/h1-8,11H,9-10H2,(H2,19,20,21,22,25). The lowest BCUT2D eigenvalue weighted by atomic mass is 10.1. The second-order valence-electron chi connectivity index (χ2n) is 5.72. The summed E-state index contributed by atoms with van der Waals surface area (Å²) in [5, 5.41) is 8.85. The van der Waals surface area contributed by atoms with Crippen molar-refractivity contribution in [2.24, 2.45) is 0 Å². The summed E-state index contributed by atoms with van der Waals surface area (Å²) in [6.07, 6.45) is 1.32. The molecule has 8 nitrogen and oxygen atoms in total. The SMILES string of the molecule is O=C(Nc1ncn[nH]1)c1ccc(CN2C(=O)COc3ccccc32)cc1. The van der Waals surface area contributed by atoms with Crippen molar-refractivity contribution in [3.05, 3.63) is 66.0 Å². The van der Waals surface area contributed by atoms with Crippen molar-refractivity contribution in [3.63, 3.8) is 0 Å². The zero-order chi connectivity index (χ0) is 17.9. The van der Waals surface area contributed by atoms with Gasteiger partial charge in [0.05, 0.1) is 12.2 Å². The van der Waals surface area contributed by atoms with Crippen LogP contribution in [0.3, 0.4) is 0 Å². The fourth-order valence-electron chi connectivity index (χ4n) is 2.72. The van der Waals surface area contributed by atoms with E-state index in [4.69, 9.17) is 4.74 Å². The number of carbonyl (C=O) groups is 2. The Kier molecular flexibility index (Phi) is 4.06. The fourth-order valence-corrected chi connectivity index (χ4v) is 2.72. The highest BCUT2D eigenvalue weighted by molar-refractivity contribution is 6.03. The highest BCUT2D eigenvalue weighted by Gasteiger charge is 2.25. The van der Waals surface area contributed by atoms with Gasteiger partial charge in [-0.15, -0.1) is 0 Å². The summed E-state index contributed by atoms with van der Waals surface area (Å²) in [4.78, 5) is 29.9. The van der Waals surface area contributed by atoms with Crippen molar-refractivity contribution in [1.29, 1.82) is 0 Å². The van der Waals surface area contributed by atoms with Crippen LogP contribution in [0.5, 0.6) is 5.75 Å². The summed E-state index contributed by atoms with van der Waals surface area (Å²) < 4.78 is 5.45. The Hall–Kier alpha value is -3.68. The third kappa shape index (κ3) is 3.12. The smallest absolute Gasteiger partial charge is 0.265 e. The zero-order valence-corrected chi connectivity index (χ0v) is 13.7. The molecule has 0 atom stereocenters. The number of aromatic nitrogens is 3. The van der Waals surface area contributed by atoms with Crippen LogP contribution in [0.25, 0.3) is 0 Å². The third-order valence-corrected chi connectivity index (χ3v) is 4.01. The summed E-state index contributed by atoms with van der Waals surface area (Å²) in [6, 6.07) is 14.5. The Bertz CT molecular complexity index is 938. The monoisotopic (exact) mass is 349 g/mol. The maximum atomic E-state index is 12.2. The number of benzene rings is 2. The van der Waals surface area contributed by atoms with Crippen molar-refractivity contribution in [1.82, 2.24) is 15.2 Å². The summed E-state index contributed by atoms with van der Waals surface area (Å²) >= 11 is 0. The lowest BCUT2D eigenvalue weighted by Crippen LogP contribution is -2.38. The van der Waals surface area contributed by atoms with Gasteiger partial charge in [0, 0.05) is 5.56 Å². The Morgan fingerprint density at radius 2 is 2.00 bits per heavy atom. The van der Waals surface area contributed by atoms with Crippen LogP contribution in [0.2, 0.25) is 0 Å². The predicted octanol–water partition coefficient (Wildman–Crippen LogP) is 1.98. The molecular weight excluding hydrogens is 334 g/mol. The van der Waals surface area contributed by atoms with Gasteiger partial charge in [0.25, 0.3) is 11.8 Å². The van der Waals surface area contributed by atoms with Crippen LogP contribution < -0.4 is 15.0 Å². The lowest BCUT2D eigenvalue weighted by molar-refractivity contribution is -0.121. The van der Waals surface area contributed by atoms with Gasteiger partial charge in [-0.25, -0.2) is 5.10 Å². The Morgan fingerprint density at radius 3 is 2.77 bits per heavy atom. The van der Waals surface area contributed by atoms with E-state index in [1.165, 1.54) is 6.33 Å². The number of H-pyrrole nitrogens is 1. The number of para-hydroxylation sites is 2. The van der Waals surface area contributed by atoms with Crippen molar-refractivity contribution >= 4 is 23.5 Å². The number of rotatable bonds is 4. The molecule has 0 unspecified atom stereocenters. The Labute approximate surface area is 148 Å². The molecule has 2 amide bonds. The number of anilines is 2. The average molecular weight is 349 g/mol. The molecular formula is C18H15N5O3. The molecule has 1 aromatic heterocycles. The van der Waals surface area contributed by atoms with Gasteiger partial charge < -0.3 is 9.64 Å². The van der Waals surface area contributed by atoms with Crippen molar-refractivity contribution < 1.29 is 14.3 Å². The molecule has 0 fully saturated rings. The van der Waals surface area contributed by atoms with Gasteiger partial charge in [-0.1, -0.05) is 24.3 Å². The predicted molar refractivity (Wildman–Crippen MR) is 93.9 cm³/mol. The van der Waals surface area contributed by atoms with Crippen LogP contribution in [0.4, 0.5) is 11.6 Å². The number of carbonyl (C=O) groups excluding carboxylic acids is 2. The molecule has 0 spiro atoms. The lowest BCUT2D eigenvalue weighted by Gasteiger charge is -2.29. The minimum absolute atomic E-state index is 0.0225. The summed E-state index contributed by atoms with van der Waals surface area (Å²) in [5.74, 6) is 0.585. The second kappa shape index (κ2) is 6.67. The highest BCUT2D eigenvalue weighted by atomic mass is 16.5. The van der Waals surface area contributed by atoms with Crippen LogP contribution in [0.15, 0.2) is 54.9 Å². The van der Waals surface area contributed by atoms with Crippen molar-refractivity contribution in [2.75, 3.05) is 16.8 Å². The zero-order valence-electron chi connectivity index (χ0n) is 13.7. The van der Waals surface area contributed by atoms with E-state index in [1.54, 1.807) is 17.0 Å². The van der Waals surface area contributed by atoms with Gasteiger partial charge in [-0.3, -0.25) is 14.9 Å². The van der Waals surface area contributed by atoms with Crippen LogP contribution in [-0.2, 0) is 11.3 Å². The molecule has 0 radical (unpaired) electrons. The molecule has 1 aliphatic rings. The topological polar surface area (TPSA) is 100 Å². The van der Waals surface area contributed by atoms with E-state index in [-0.39, 0.29) is 24.4 Å². The molecule has 3 aromatic rings. The molecule has 4 rings (SSSR count). The van der Waals surface area contributed by atoms with Crippen LogP contribution >= 0.6 is 0 Å². The number of hydrogen-bond acceptors (Lipinski definition) is 5. The van der Waals surface area contributed by atoms with E-state index in [1.807, 2.05) is 36.4 Å². The fraction of sp³-hybridized carbons (Fsp3) is 0.111. The summed E-state index contributed by atoms with van der Waals surface area (Å²) in [5.41, 5.74) is 2.14. The molecule has 2 aromatic carbocycles. The molecule has 2 heterocycles. The highest BCUT2D eigenvalue weighted by Crippen LogP contribution is 2.32. The van der Waals surface area contributed by atoms with E-state index in [9.17, 15) is 9.59 Å². The van der Waals surface area contributed by atoms with Crippen LogP contribution in [-0.4, -0.2) is 33.6 Å². The van der Waals surface area contributed by atoms with Gasteiger partial charge in [-0.05, 0) is 29.8 Å². The van der Waals surface area contributed by atoms with Crippen molar-refractivity contribution in [3.8, 4) is 5.75 Å². The molecule has 0 bridgehead atoms. The van der Waals surface area contributed by atoms with E-state index in [0.717, 1.165) is 11.3 Å². The first-order valence-corrected chi connectivity index (χ1v) is 7.98. The van der Waals surface area contributed by atoms with Gasteiger partial charge in [0.15, 0.2) is 6.61 Å². The molecule has 26 heavy (non-hydrogen) atoms. The van der Waals surface area contributed by atoms with Crippen LogP contribution in [0.1, 0.15) is 15.9 Å². The van der Waals surface area contributed by atoms with E-state index in [2.05, 4.69) is 20.5 Å². The van der Waals surface area contributed by atoms with Crippen LogP contribution in [0, 0.1) is 0 Å². The second-order valence-corrected chi connectivity index (χ2v) is 5.72. The summed E-state index contributed by atoms with van der Waals surface area (Å²) in [6.45, 7) is 0.428. The first kappa shape index (κ1) is 15.8. The maximum Gasteiger partial charge on any atom is 0.265 e. The summed E-state index contributed by atoms with van der Waals surface area (Å²) in [7, 11) is 0. The van der Waals surface area contributed by atoms with E-state index in [0.29, 0.717) is 17.9 Å².